The van der Waals surface area contributed by atoms with Crippen molar-refractivity contribution in [1.82, 2.24) is 9.59 Å². The Morgan fingerprint density at radius 2 is 2.16 bits per heavy atom. The number of hydrogen-bond donors (Lipinski definition) is 0. The van der Waals surface area contributed by atoms with E-state index in [0.29, 0.717) is 17.0 Å². The van der Waals surface area contributed by atoms with E-state index < -0.39 is 11.6 Å². The molecule has 0 unspecified atom stereocenters. The maximum absolute atomic E-state index is 13.5. The molecule has 0 spiro atoms. The van der Waals surface area contributed by atoms with E-state index in [0.717, 1.165) is 30.1 Å². The minimum Gasteiger partial charge on any atom is -0.293 e. The molecule has 2 aromatic rings. The summed E-state index contributed by atoms with van der Waals surface area (Å²) >= 11 is 1.02. The Bertz CT molecular complexity index is 598. The fourth-order valence-electron chi connectivity index (χ4n) is 1.74. The molecule has 0 amide bonds. The SMILES string of the molecule is CCCc1nnsc1C(=O)Cc1ccc(F)cc1F. The number of nitrogens with zero attached hydrogens (tertiary/aromatic N) is 2. The summed E-state index contributed by atoms with van der Waals surface area (Å²) in [6, 6.07) is 3.21. The summed E-state index contributed by atoms with van der Waals surface area (Å²) in [5, 5.41) is 3.90. The van der Waals surface area contributed by atoms with E-state index in [1.807, 2.05) is 6.92 Å². The van der Waals surface area contributed by atoms with Crippen molar-refractivity contribution in [2.75, 3.05) is 0 Å². The lowest BCUT2D eigenvalue weighted by molar-refractivity contribution is 0.0994. The highest BCUT2D eigenvalue weighted by Gasteiger charge is 2.17. The van der Waals surface area contributed by atoms with Gasteiger partial charge in [-0.3, -0.25) is 4.79 Å². The van der Waals surface area contributed by atoms with E-state index in [1.165, 1.54) is 6.07 Å². The van der Waals surface area contributed by atoms with Crippen molar-refractivity contribution in [3.63, 3.8) is 0 Å². The first-order valence-electron chi connectivity index (χ1n) is 5.90. The summed E-state index contributed by atoms with van der Waals surface area (Å²) in [6.45, 7) is 1.98. The topological polar surface area (TPSA) is 42.9 Å². The number of carbonyl (C=O) groups excluding carboxylic acids is 1. The van der Waals surface area contributed by atoms with Crippen LogP contribution in [0.1, 0.15) is 34.3 Å². The molecule has 0 bridgehead atoms. The Hall–Kier alpha value is -1.69. The van der Waals surface area contributed by atoms with E-state index in [1.54, 1.807) is 0 Å². The molecule has 0 saturated carbocycles. The average Bonchev–Trinajstić information content (AvgIpc) is 2.81. The van der Waals surface area contributed by atoms with Gasteiger partial charge in [0.05, 0.1) is 5.69 Å². The number of aromatic nitrogens is 2. The number of rotatable bonds is 5. The highest BCUT2D eigenvalue weighted by atomic mass is 32.1. The van der Waals surface area contributed by atoms with Crippen LogP contribution >= 0.6 is 11.5 Å². The number of benzene rings is 1. The molecule has 0 aliphatic rings. The van der Waals surface area contributed by atoms with Gasteiger partial charge in [0.2, 0.25) is 0 Å². The van der Waals surface area contributed by atoms with Crippen LogP contribution in [-0.2, 0) is 12.8 Å². The van der Waals surface area contributed by atoms with Gasteiger partial charge in [0.25, 0.3) is 0 Å². The van der Waals surface area contributed by atoms with Gasteiger partial charge in [0.1, 0.15) is 16.5 Å². The van der Waals surface area contributed by atoms with Gasteiger partial charge in [0, 0.05) is 12.5 Å². The third-order valence-electron chi connectivity index (χ3n) is 2.66. The number of ketones is 1. The number of Topliss-reactive ketones (excluding diaryl/α,β-unsaturated/α-hetero) is 1. The van der Waals surface area contributed by atoms with Crippen molar-refractivity contribution < 1.29 is 13.6 Å². The van der Waals surface area contributed by atoms with Crippen LogP contribution < -0.4 is 0 Å². The van der Waals surface area contributed by atoms with E-state index in [9.17, 15) is 13.6 Å². The largest absolute Gasteiger partial charge is 0.293 e. The molecule has 3 nitrogen and oxygen atoms in total. The number of hydrogen-bond acceptors (Lipinski definition) is 4. The molecule has 1 aromatic carbocycles. The van der Waals surface area contributed by atoms with Crippen molar-refractivity contribution in [2.24, 2.45) is 0 Å². The summed E-state index contributed by atoms with van der Waals surface area (Å²) in [7, 11) is 0. The standard InChI is InChI=1S/C13H12F2N2OS/c1-2-3-11-13(19-17-16-11)12(18)6-8-4-5-9(14)7-10(8)15/h4-5,7H,2-3,6H2,1H3. The molecule has 19 heavy (non-hydrogen) atoms. The van der Waals surface area contributed by atoms with E-state index in [-0.39, 0.29) is 17.8 Å². The van der Waals surface area contributed by atoms with E-state index >= 15 is 0 Å². The zero-order chi connectivity index (χ0) is 13.8. The van der Waals surface area contributed by atoms with Gasteiger partial charge < -0.3 is 0 Å². The molecule has 2 rings (SSSR count). The van der Waals surface area contributed by atoms with Crippen LogP contribution in [0, 0.1) is 11.6 Å². The fraction of sp³-hybridized carbons (Fsp3) is 0.308. The lowest BCUT2D eigenvalue weighted by atomic mass is 10.1. The summed E-state index contributed by atoms with van der Waals surface area (Å²) in [5.74, 6) is -1.59. The van der Waals surface area contributed by atoms with Crippen molar-refractivity contribution in [3.8, 4) is 0 Å². The minimum absolute atomic E-state index is 0.104. The molecule has 0 atom stereocenters. The summed E-state index contributed by atoms with van der Waals surface area (Å²) in [6.07, 6.45) is 1.42. The second-order valence-electron chi connectivity index (χ2n) is 4.13. The summed E-state index contributed by atoms with van der Waals surface area (Å²) in [5.41, 5.74) is 0.835. The highest BCUT2D eigenvalue weighted by molar-refractivity contribution is 7.08. The van der Waals surface area contributed by atoms with Crippen molar-refractivity contribution in [3.05, 3.63) is 46.0 Å². The summed E-state index contributed by atoms with van der Waals surface area (Å²) < 4.78 is 30.0. The molecule has 1 heterocycles. The Labute approximate surface area is 113 Å². The zero-order valence-electron chi connectivity index (χ0n) is 10.3. The predicted octanol–water partition coefficient (Wildman–Crippen LogP) is 3.19. The van der Waals surface area contributed by atoms with Crippen molar-refractivity contribution in [2.45, 2.75) is 26.2 Å². The predicted molar refractivity (Wildman–Crippen MR) is 68.3 cm³/mol. The smallest absolute Gasteiger partial charge is 0.180 e. The van der Waals surface area contributed by atoms with Crippen LogP contribution in [0.2, 0.25) is 0 Å². The van der Waals surface area contributed by atoms with Crippen molar-refractivity contribution >= 4 is 17.3 Å². The van der Waals surface area contributed by atoms with Gasteiger partial charge in [-0.15, -0.1) is 5.10 Å². The molecule has 0 aliphatic carbocycles. The first-order chi connectivity index (χ1) is 9.11. The first kappa shape index (κ1) is 13.7. The molecule has 0 aliphatic heterocycles. The highest BCUT2D eigenvalue weighted by Crippen LogP contribution is 2.18. The molecule has 1 aromatic heterocycles. The molecular weight excluding hydrogens is 270 g/mol. The molecule has 0 radical (unpaired) electrons. The lowest BCUT2D eigenvalue weighted by Gasteiger charge is -2.02. The minimum atomic E-state index is -0.706. The quantitative estimate of drug-likeness (QED) is 0.791. The Balaban J connectivity index is 2.18. The van der Waals surface area contributed by atoms with Gasteiger partial charge in [-0.25, -0.2) is 8.78 Å². The van der Waals surface area contributed by atoms with Crippen LogP contribution in [0.25, 0.3) is 0 Å². The molecule has 6 heteroatoms. The molecule has 100 valence electrons. The van der Waals surface area contributed by atoms with Crippen LogP contribution in [0.3, 0.4) is 0 Å². The van der Waals surface area contributed by atoms with Crippen molar-refractivity contribution in [1.29, 1.82) is 0 Å². The van der Waals surface area contributed by atoms with Gasteiger partial charge in [-0.2, -0.15) is 0 Å². The summed E-state index contributed by atoms with van der Waals surface area (Å²) in [4.78, 5) is 12.5. The first-order valence-corrected chi connectivity index (χ1v) is 6.67. The zero-order valence-corrected chi connectivity index (χ0v) is 11.1. The Morgan fingerprint density at radius 3 is 2.84 bits per heavy atom. The number of halogens is 2. The lowest BCUT2D eigenvalue weighted by Crippen LogP contribution is -2.06. The van der Waals surface area contributed by atoms with Gasteiger partial charge in [0.15, 0.2) is 5.78 Å². The second-order valence-corrected chi connectivity index (χ2v) is 4.89. The third kappa shape index (κ3) is 3.20. The normalized spacial score (nSPS) is 10.7. The molecule has 0 fully saturated rings. The maximum Gasteiger partial charge on any atom is 0.180 e. The molecule has 0 N–H and O–H groups in total. The monoisotopic (exact) mass is 282 g/mol. The van der Waals surface area contributed by atoms with Gasteiger partial charge in [-0.05, 0) is 29.6 Å². The Morgan fingerprint density at radius 1 is 1.37 bits per heavy atom. The maximum atomic E-state index is 13.5. The van der Waals surface area contributed by atoms with E-state index in [2.05, 4.69) is 9.59 Å². The van der Waals surface area contributed by atoms with Crippen LogP contribution in [0.4, 0.5) is 8.78 Å². The van der Waals surface area contributed by atoms with Gasteiger partial charge >= 0.3 is 0 Å². The number of aryl methyl sites for hydroxylation is 1. The number of carbonyl (C=O) groups is 1. The third-order valence-corrected chi connectivity index (χ3v) is 3.47. The Kier molecular flexibility index (Phi) is 4.31. The van der Waals surface area contributed by atoms with Gasteiger partial charge in [-0.1, -0.05) is 23.9 Å². The average molecular weight is 282 g/mol. The van der Waals surface area contributed by atoms with Crippen LogP contribution in [0.5, 0.6) is 0 Å². The second kappa shape index (κ2) is 5.97. The van der Waals surface area contributed by atoms with Crippen LogP contribution in [-0.4, -0.2) is 15.4 Å². The van der Waals surface area contributed by atoms with Crippen LogP contribution in [0.15, 0.2) is 18.2 Å². The molecular formula is C13H12F2N2OS. The fourth-order valence-corrected chi connectivity index (χ4v) is 2.38. The molecule has 0 saturated heterocycles. The van der Waals surface area contributed by atoms with E-state index in [4.69, 9.17) is 0 Å².